The van der Waals surface area contributed by atoms with Gasteiger partial charge in [-0.15, -0.1) is 0 Å². The van der Waals surface area contributed by atoms with Gasteiger partial charge in [0.1, 0.15) is 24.5 Å². The van der Waals surface area contributed by atoms with Gasteiger partial charge in [-0.3, -0.25) is 0 Å². The highest BCUT2D eigenvalue weighted by Gasteiger charge is 1.98. The van der Waals surface area contributed by atoms with E-state index < -0.39 is 0 Å². The largest absolute Gasteiger partial charge is 0.366 e. The number of aromatic amines is 1. The van der Waals surface area contributed by atoms with Crippen molar-refractivity contribution in [2.75, 3.05) is 17.2 Å². The number of rotatable bonds is 4. The molecule has 2 heterocycles. The lowest BCUT2D eigenvalue weighted by molar-refractivity contribution is 1.14. The van der Waals surface area contributed by atoms with Gasteiger partial charge in [-0.25, -0.2) is 9.97 Å². The average Bonchev–Trinajstić information content (AvgIpc) is 2.80. The van der Waals surface area contributed by atoms with Crippen molar-refractivity contribution in [2.45, 2.75) is 0 Å². The lowest BCUT2D eigenvalue weighted by atomic mass is 10.4. The van der Waals surface area contributed by atoms with Crippen molar-refractivity contribution in [2.24, 2.45) is 0 Å². The molecule has 0 spiro atoms. The Bertz CT molecular complexity index is 484. The molecule has 6 heteroatoms. The summed E-state index contributed by atoms with van der Waals surface area (Å²) in [4.78, 5) is 11.0. The normalized spacial score (nSPS) is 9.44. The highest BCUT2D eigenvalue weighted by atomic mass is 15.1. The summed E-state index contributed by atoms with van der Waals surface area (Å²) in [5, 5.41) is 14.4. The topological polar surface area (TPSA) is 89.4 Å². The van der Waals surface area contributed by atoms with Gasteiger partial charge in [0.05, 0.1) is 11.8 Å². The van der Waals surface area contributed by atoms with Crippen LogP contribution in [0.2, 0.25) is 0 Å². The third kappa shape index (κ3) is 2.48. The minimum atomic E-state index is 0.223. The number of hydrogen-bond donors (Lipinski definition) is 3. The van der Waals surface area contributed by atoms with E-state index in [9.17, 15) is 0 Å². The summed E-state index contributed by atoms with van der Waals surface area (Å²) in [7, 11) is 0. The second-order valence-electron chi connectivity index (χ2n) is 3.02. The van der Waals surface area contributed by atoms with Gasteiger partial charge in [-0.2, -0.15) is 5.26 Å². The van der Waals surface area contributed by atoms with Crippen molar-refractivity contribution in [1.82, 2.24) is 15.0 Å². The standard InChI is InChI=1S/C10H10N6/c11-2-4-13-9-5-10(15-7-14-9)16-8-1-3-12-6-8/h1,3,5-7,12H,4H2,(H2,13,14,15,16). The summed E-state index contributed by atoms with van der Waals surface area (Å²) < 4.78 is 0. The quantitative estimate of drug-likeness (QED) is 0.671. The molecule has 16 heavy (non-hydrogen) atoms. The molecule has 0 amide bonds. The summed E-state index contributed by atoms with van der Waals surface area (Å²) in [6.45, 7) is 0.223. The van der Waals surface area contributed by atoms with Crippen LogP contribution in [0, 0.1) is 11.3 Å². The Morgan fingerprint density at radius 3 is 3.00 bits per heavy atom. The van der Waals surface area contributed by atoms with Crippen LogP contribution in [0.15, 0.2) is 30.9 Å². The summed E-state index contributed by atoms with van der Waals surface area (Å²) in [6.07, 6.45) is 5.08. The first-order chi connectivity index (χ1) is 7.88. The maximum atomic E-state index is 8.43. The maximum absolute atomic E-state index is 8.43. The molecule has 3 N–H and O–H groups in total. The van der Waals surface area contributed by atoms with E-state index in [0.29, 0.717) is 11.6 Å². The molecule has 80 valence electrons. The van der Waals surface area contributed by atoms with Crippen molar-refractivity contribution < 1.29 is 0 Å². The van der Waals surface area contributed by atoms with Crippen molar-refractivity contribution in [3.05, 3.63) is 30.9 Å². The van der Waals surface area contributed by atoms with Gasteiger partial charge in [0.15, 0.2) is 0 Å². The Morgan fingerprint density at radius 2 is 2.25 bits per heavy atom. The molecule has 6 nitrogen and oxygen atoms in total. The van der Waals surface area contributed by atoms with E-state index in [2.05, 4.69) is 25.6 Å². The summed E-state index contributed by atoms with van der Waals surface area (Å²) in [5.74, 6) is 1.30. The van der Waals surface area contributed by atoms with E-state index in [1.807, 2.05) is 24.5 Å². The molecule has 2 rings (SSSR count). The Kier molecular flexibility index (Phi) is 2.99. The van der Waals surface area contributed by atoms with Crippen molar-refractivity contribution in [3.8, 4) is 6.07 Å². The van der Waals surface area contributed by atoms with Crippen LogP contribution in [-0.4, -0.2) is 21.5 Å². The Labute approximate surface area is 92.4 Å². The SMILES string of the molecule is N#CCNc1cc(Nc2cc[nH]c2)ncn1. The van der Waals surface area contributed by atoms with E-state index in [0.717, 1.165) is 5.69 Å². The second-order valence-corrected chi connectivity index (χ2v) is 3.02. The first-order valence-corrected chi connectivity index (χ1v) is 4.71. The molecular formula is C10H10N6. The molecule has 0 aliphatic carbocycles. The molecule has 0 unspecified atom stereocenters. The molecule has 0 radical (unpaired) electrons. The van der Waals surface area contributed by atoms with Gasteiger partial charge < -0.3 is 15.6 Å². The van der Waals surface area contributed by atoms with Crippen LogP contribution in [0.3, 0.4) is 0 Å². The molecule has 0 bridgehead atoms. The van der Waals surface area contributed by atoms with Crippen LogP contribution < -0.4 is 10.6 Å². The lowest BCUT2D eigenvalue weighted by Crippen LogP contribution is -2.02. The fourth-order valence-corrected chi connectivity index (χ4v) is 1.20. The fraction of sp³-hybridized carbons (Fsp3) is 0.100. The zero-order chi connectivity index (χ0) is 11.2. The number of aromatic nitrogens is 3. The van der Waals surface area contributed by atoms with Gasteiger partial charge in [0.25, 0.3) is 0 Å². The van der Waals surface area contributed by atoms with Crippen LogP contribution in [-0.2, 0) is 0 Å². The van der Waals surface area contributed by atoms with Gasteiger partial charge in [0.2, 0.25) is 0 Å². The molecule has 0 aromatic carbocycles. The van der Waals surface area contributed by atoms with E-state index in [4.69, 9.17) is 5.26 Å². The average molecular weight is 214 g/mol. The predicted molar refractivity (Wildman–Crippen MR) is 60.2 cm³/mol. The van der Waals surface area contributed by atoms with Gasteiger partial charge in [-0.05, 0) is 6.07 Å². The third-order valence-corrected chi connectivity index (χ3v) is 1.89. The van der Waals surface area contributed by atoms with Crippen LogP contribution in [0.4, 0.5) is 17.3 Å². The number of anilines is 3. The van der Waals surface area contributed by atoms with Crippen molar-refractivity contribution in [3.63, 3.8) is 0 Å². The molecule has 2 aromatic rings. The number of nitriles is 1. The molecule has 0 saturated heterocycles. The number of H-pyrrole nitrogens is 1. The fourth-order valence-electron chi connectivity index (χ4n) is 1.20. The Morgan fingerprint density at radius 1 is 1.38 bits per heavy atom. The van der Waals surface area contributed by atoms with Crippen LogP contribution in [0.1, 0.15) is 0 Å². The van der Waals surface area contributed by atoms with E-state index in [1.54, 1.807) is 6.07 Å². The predicted octanol–water partition coefficient (Wildman–Crippen LogP) is 1.48. The number of nitrogens with zero attached hydrogens (tertiary/aromatic N) is 3. The first kappa shape index (κ1) is 9.98. The minimum absolute atomic E-state index is 0.223. The van der Waals surface area contributed by atoms with E-state index >= 15 is 0 Å². The minimum Gasteiger partial charge on any atom is -0.366 e. The molecule has 0 fully saturated rings. The second kappa shape index (κ2) is 4.79. The van der Waals surface area contributed by atoms with Crippen LogP contribution in [0.25, 0.3) is 0 Å². The van der Waals surface area contributed by atoms with E-state index in [1.165, 1.54) is 6.33 Å². The van der Waals surface area contributed by atoms with Crippen molar-refractivity contribution in [1.29, 1.82) is 5.26 Å². The lowest BCUT2D eigenvalue weighted by Gasteiger charge is -2.04. The highest BCUT2D eigenvalue weighted by Crippen LogP contribution is 2.14. The monoisotopic (exact) mass is 214 g/mol. The van der Waals surface area contributed by atoms with Gasteiger partial charge in [-0.1, -0.05) is 0 Å². The zero-order valence-electron chi connectivity index (χ0n) is 8.44. The summed E-state index contributed by atoms with van der Waals surface area (Å²) in [5.41, 5.74) is 0.921. The Hall–Kier alpha value is -2.55. The van der Waals surface area contributed by atoms with Crippen molar-refractivity contribution >= 4 is 17.3 Å². The number of nitrogens with one attached hydrogen (secondary N) is 3. The third-order valence-electron chi connectivity index (χ3n) is 1.89. The first-order valence-electron chi connectivity index (χ1n) is 4.71. The molecular weight excluding hydrogens is 204 g/mol. The molecule has 2 aromatic heterocycles. The van der Waals surface area contributed by atoms with Crippen LogP contribution >= 0.6 is 0 Å². The molecule has 0 atom stereocenters. The highest BCUT2D eigenvalue weighted by molar-refractivity contribution is 5.57. The maximum Gasteiger partial charge on any atom is 0.135 e. The number of hydrogen-bond acceptors (Lipinski definition) is 5. The molecule has 0 aliphatic rings. The molecule has 0 saturated carbocycles. The van der Waals surface area contributed by atoms with E-state index in [-0.39, 0.29) is 6.54 Å². The Balaban J connectivity index is 2.07. The van der Waals surface area contributed by atoms with Gasteiger partial charge >= 0.3 is 0 Å². The molecule has 0 aliphatic heterocycles. The van der Waals surface area contributed by atoms with Gasteiger partial charge in [0, 0.05) is 18.5 Å². The van der Waals surface area contributed by atoms with Crippen LogP contribution in [0.5, 0.6) is 0 Å². The summed E-state index contributed by atoms with van der Waals surface area (Å²) >= 11 is 0. The summed E-state index contributed by atoms with van der Waals surface area (Å²) in [6, 6.07) is 5.62. The zero-order valence-corrected chi connectivity index (χ0v) is 8.44. The smallest absolute Gasteiger partial charge is 0.135 e.